The molecule has 9 rings (SSSR count). The Morgan fingerprint density at radius 3 is 2.33 bits per heavy atom. The van der Waals surface area contributed by atoms with E-state index in [1.165, 1.54) is 30.5 Å². The number of Topliss-reactive ketones (excluding diaryl/α,β-unsaturated/α-hetero) is 1. The van der Waals surface area contributed by atoms with Crippen molar-refractivity contribution >= 4 is 11.8 Å². The van der Waals surface area contributed by atoms with Crippen LogP contribution in [0.3, 0.4) is 0 Å². The lowest BCUT2D eigenvalue weighted by molar-refractivity contribution is -0.274. The maximum absolute atomic E-state index is 14.5. The van der Waals surface area contributed by atoms with Gasteiger partial charge in [-0.2, -0.15) is 0 Å². The van der Waals surface area contributed by atoms with E-state index in [0.29, 0.717) is 43.2 Å². The molecule has 55 heavy (non-hydrogen) atoms. The number of aliphatic hydroxyl groups excluding tert-OH is 1. The van der Waals surface area contributed by atoms with Crippen LogP contribution in [0.1, 0.15) is 93.4 Å². The number of nitrogens with zero attached hydrogens (tertiary/aromatic N) is 1. The Kier molecular flexibility index (Phi) is 8.96. The number of hydrogen-bond acceptors (Lipinski definition) is 6. The molecule has 8 nitrogen and oxygen atoms in total. The normalized spacial score (nSPS) is 35.2. The molecule has 1 aromatic heterocycles. The summed E-state index contributed by atoms with van der Waals surface area (Å²) in [5.74, 6) is -0.344. The number of alkyl halides is 3. The minimum atomic E-state index is -4.84. The number of ketones is 1. The number of rotatable bonds is 9. The van der Waals surface area contributed by atoms with Crippen LogP contribution in [0.5, 0.6) is 5.75 Å². The van der Waals surface area contributed by atoms with E-state index in [1.54, 1.807) is 17.0 Å². The van der Waals surface area contributed by atoms with Crippen LogP contribution < -0.4 is 10.1 Å². The largest absolute Gasteiger partial charge is 0.573 e. The van der Waals surface area contributed by atoms with Gasteiger partial charge in [0.15, 0.2) is 5.76 Å². The van der Waals surface area contributed by atoms with E-state index >= 15 is 0 Å². The molecule has 9 atom stereocenters. The van der Waals surface area contributed by atoms with Gasteiger partial charge in [0.05, 0.1) is 30.6 Å². The maximum Gasteiger partial charge on any atom is 0.573 e. The van der Waals surface area contributed by atoms with Crippen molar-refractivity contribution in [2.24, 2.45) is 33.5 Å². The van der Waals surface area contributed by atoms with Crippen molar-refractivity contribution in [3.8, 4) is 5.75 Å². The molecule has 1 unspecified atom stereocenters. The average Bonchev–Trinajstić information content (AvgIpc) is 3.78. The number of halogens is 3. The number of ether oxygens (including phenoxy) is 1. The molecule has 11 heteroatoms. The van der Waals surface area contributed by atoms with Crippen molar-refractivity contribution in [2.75, 3.05) is 6.54 Å². The summed E-state index contributed by atoms with van der Waals surface area (Å²) in [6.45, 7) is 6.30. The zero-order valence-corrected chi connectivity index (χ0v) is 31.4. The Hall–Kier alpha value is -4.35. The molecule has 3 N–H and O–H groups in total. The van der Waals surface area contributed by atoms with E-state index < -0.39 is 40.3 Å². The summed E-state index contributed by atoms with van der Waals surface area (Å²) in [6.07, 6.45) is 7.27. The quantitative estimate of drug-likeness (QED) is 0.149. The fourth-order valence-corrected chi connectivity index (χ4v) is 11.8. The van der Waals surface area contributed by atoms with Crippen LogP contribution in [0.2, 0.25) is 0 Å². The minimum Gasteiger partial charge on any atom is -0.461 e. The van der Waals surface area contributed by atoms with E-state index in [0.717, 1.165) is 18.4 Å². The van der Waals surface area contributed by atoms with Gasteiger partial charge in [-0.05, 0) is 105 Å². The van der Waals surface area contributed by atoms with Crippen LogP contribution in [-0.4, -0.2) is 51.5 Å². The average molecular weight is 759 g/mol. The van der Waals surface area contributed by atoms with Gasteiger partial charge < -0.3 is 29.6 Å². The molecular weight excluding hydrogens is 709 g/mol. The topological polar surface area (TPSA) is 112 Å². The predicted octanol–water partition coefficient (Wildman–Crippen LogP) is 8.93. The fourth-order valence-electron chi connectivity index (χ4n) is 11.8. The zero-order valence-electron chi connectivity index (χ0n) is 31.4. The first-order valence-electron chi connectivity index (χ1n) is 19.4. The molecule has 1 heterocycles. The Bertz CT molecular complexity index is 2000. The van der Waals surface area contributed by atoms with Crippen molar-refractivity contribution in [2.45, 2.75) is 96.4 Å². The molecule has 6 aliphatic carbocycles. The first-order chi connectivity index (χ1) is 26.0. The Morgan fingerprint density at radius 2 is 1.64 bits per heavy atom. The molecule has 292 valence electrons. The molecule has 2 bridgehead atoms. The van der Waals surface area contributed by atoms with Gasteiger partial charge in [-0.25, -0.2) is 4.79 Å². The van der Waals surface area contributed by atoms with Gasteiger partial charge in [0.1, 0.15) is 5.75 Å². The number of carbonyl (C=O) groups is 2. The SMILES string of the molecule is C[C@@H](NC(=O)N(Cc1ccc(OC(F)(F)F)cc1)C[C@]1(O)CC[C@H]2[C@]34C=C[C@@]5(C=C3C(=O)c3ccco3)CC(O)CC[C@]5(C)[C@H]4CC[C@@]21C)c1ccccc1. The van der Waals surface area contributed by atoms with E-state index in [2.05, 4.69) is 42.1 Å². The predicted molar refractivity (Wildman–Crippen MR) is 199 cm³/mol. The molecule has 6 aliphatic rings. The Balaban J connectivity index is 1.15. The number of carbonyl (C=O) groups excluding carboxylic acids is 2. The third kappa shape index (κ3) is 5.95. The van der Waals surface area contributed by atoms with Crippen molar-refractivity contribution in [1.29, 1.82) is 0 Å². The van der Waals surface area contributed by atoms with Crippen molar-refractivity contribution in [3.63, 3.8) is 0 Å². The van der Waals surface area contributed by atoms with Gasteiger partial charge in [0.25, 0.3) is 0 Å². The minimum absolute atomic E-state index is 0.0292. The molecule has 0 radical (unpaired) electrons. The van der Waals surface area contributed by atoms with Crippen LogP contribution in [0.15, 0.2) is 101 Å². The monoisotopic (exact) mass is 758 g/mol. The molecule has 3 aromatic rings. The lowest BCUT2D eigenvalue weighted by Crippen LogP contribution is -2.67. The highest BCUT2D eigenvalue weighted by molar-refractivity contribution is 6.08. The Morgan fingerprint density at radius 1 is 0.945 bits per heavy atom. The van der Waals surface area contributed by atoms with Gasteiger partial charge in [-0.1, -0.05) is 74.5 Å². The first kappa shape index (κ1) is 37.6. The number of hydrogen-bond donors (Lipinski definition) is 3. The van der Waals surface area contributed by atoms with E-state index in [1.807, 2.05) is 37.3 Å². The molecule has 3 fully saturated rings. The molecule has 3 saturated carbocycles. The van der Waals surface area contributed by atoms with Crippen molar-refractivity contribution in [1.82, 2.24) is 10.2 Å². The zero-order chi connectivity index (χ0) is 39.0. The number of urea groups is 1. The van der Waals surface area contributed by atoms with E-state index in [-0.39, 0.29) is 53.7 Å². The van der Waals surface area contributed by atoms with E-state index in [4.69, 9.17) is 4.42 Å². The number of allylic oxidation sites excluding steroid dienone is 4. The molecule has 2 aromatic carbocycles. The smallest absolute Gasteiger partial charge is 0.461 e. The lowest BCUT2D eigenvalue weighted by Gasteiger charge is -2.71. The maximum atomic E-state index is 14.5. The molecular formula is C44H49F3N2O6. The number of nitrogens with one attached hydrogen (secondary N) is 1. The molecule has 2 amide bonds. The van der Waals surface area contributed by atoms with E-state index in [9.17, 15) is 33.0 Å². The van der Waals surface area contributed by atoms with Gasteiger partial charge in [0, 0.05) is 28.4 Å². The fraction of sp³-hybridized carbons (Fsp3) is 0.500. The second kappa shape index (κ2) is 13.1. The number of aliphatic hydroxyl groups is 2. The van der Waals surface area contributed by atoms with Crippen LogP contribution in [0.25, 0.3) is 0 Å². The first-order valence-corrected chi connectivity index (χ1v) is 19.4. The van der Waals surface area contributed by atoms with Crippen molar-refractivity contribution in [3.05, 3.63) is 114 Å². The molecule has 2 spiro atoms. The summed E-state index contributed by atoms with van der Waals surface area (Å²) >= 11 is 0. The summed E-state index contributed by atoms with van der Waals surface area (Å²) in [4.78, 5) is 30.4. The highest BCUT2D eigenvalue weighted by Gasteiger charge is 2.74. The highest BCUT2D eigenvalue weighted by Crippen LogP contribution is 2.78. The van der Waals surface area contributed by atoms with Crippen molar-refractivity contribution < 1.29 is 42.1 Å². The van der Waals surface area contributed by atoms with Gasteiger partial charge >= 0.3 is 12.4 Å². The van der Waals surface area contributed by atoms with Crippen LogP contribution in [0.4, 0.5) is 18.0 Å². The van der Waals surface area contributed by atoms with Crippen LogP contribution >= 0.6 is 0 Å². The third-order valence-electron chi connectivity index (χ3n) is 14.6. The lowest BCUT2D eigenvalue weighted by atomic mass is 9.32. The third-order valence-corrected chi connectivity index (χ3v) is 14.6. The second-order valence-electron chi connectivity index (χ2n) is 17.2. The second-order valence-corrected chi connectivity index (χ2v) is 17.2. The summed E-state index contributed by atoms with van der Waals surface area (Å²) in [6, 6.07) is 17.6. The number of amides is 2. The van der Waals surface area contributed by atoms with Gasteiger partial charge in [-0.15, -0.1) is 13.2 Å². The van der Waals surface area contributed by atoms with Gasteiger partial charge in [-0.3, -0.25) is 4.79 Å². The summed E-state index contributed by atoms with van der Waals surface area (Å²) in [5, 5.41) is 27.1. The van der Waals surface area contributed by atoms with Gasteiger partial charge in [0.2, 0.25) is 5.78 Å². The van der Waals surface area contributed by atoms with Crippen LogP contribution in [-0.2, 0) is 6.54 Å². The standard InChI is InChI=1S/C44H49F3N2O6/c1-28(30-8-5-4-6-9-30)48-38(52)49(26-29-11-13-32(14-12-29)55-44(45,46)47)27-42(53)20-17-36-40(42,3)19-16-35-39(2)18-15-31(50)24-41(39)21-22-43(35,36)33(25-41)37(51)34-10-7-23-54-34/h4-14,21-23,25,28,31,35-36,50,53H,15-20,24,26-27H2,1-3H3,(H,48,52)/t28-,31?,35-,36-,39-,40+,41+,42-,43-/m1/s1. The summed E-state index contributed by atoms with van der Waals surface area (Å²) in [7, 11) is 0. The number of furan rings is 1. The molecule has 0 saturated heterocycles. The Labute approximate surface area is 319 Å². The van der Waals surface area contributed by atoms with Crippen LogP contribution in [0, 0.1) is 33.5 Å². The summed E-state index contributed by atoms with van der Waals surface area (Å²) < 4.78 is 48.6. The highest BCUT2D eigenvalue weighted by atomic mass is 19.4. The molecule has 0 aliphatic heterocycles. The number of benzene rings is 2. The number of fused-ring (bicyclic) bond motifs is 1. The summed E-state index contributed by atoms with van der Waals surface area (Å²) in [5.41, 5.74) is -1.35.